The van der Waals surface area contributed by atoms with E-state index >= 15 is 0 Å². The van der Waals surface area contributed by atoms with Gasteiger partial charge >= 0.3 is 0 Å². The van der Waals surface area contributed by atoms with Crippen molar-refractivity contribution in [2.45, 2.75) is 44.8 Å². The van der Waals surface area contributed by atoms with Gasteiger partial charge in [0.05, 0.1) is 11.6 Å². The van der Waals surface area contributed by atoms with Crippen molar-refractivity contribution in [3.63, 3.8) is 0 Å². The monoisotopic (exact) mass is 214 g/mol. The Morgan fingerprint density at radius 1 is 1.73 bits per heavy atom. The molecule has 15 heavy (non-hydrogen) atoms. The number of carbonyl (C=O) groups excluding carboxylic acids is 1. The Kier molecular flexibility index (Phi) is 6.20. The largest absolute Gasteiger partial charge is 0.388 e. The molecule has 0 saturated heterocycles. The first-order valence-electron chi connectivity index (χ1n) is 5.29. The first kappa shape index (κ1) is 14.1. The van der Waals surface area contributed by atoms with Crippen molar-refractivity contribution in [1.82, 2.24) is 5.32 Å². The van der Waals surface area contributed by atoms with Gasteiger partial charge in [-0.25, -0.2) is 0 Å². The summed E-state index contributed by atoms with van der Waals surface area (Å²) < 4.78 is 0. The Hall–Kier alpha value is -0.870. The predicted octanol–water partition coefficient (Wildman–Crippen LogP) is 0.557. The summed E-state index contributed by atoms with van der Waals surface area (Å²) in [5.74, 6) is -0.244. The molecule has 1 amide bonds. The van der Waals surface area contributed by atoms with Crippen molar-refractivity contribution in [2.24, 2.45) is 5.73 Å². The number of hydrogen-bond donors (Lipinski definition) is 3. The fourth-order valence-corrected chi connectivity index (χ4v) is 1.32. The Morgan fingerprint density at radius 3 is 2.80 bits per heavy atom. The fourth-order valence-electron chi connectivity index (χ4n) is 1.32. The van der Waals surface area contributed by atoms with Crippen LogP contribution in [0.3, 0.4) is 0 Å². The van der Waals surface area contributed by atoms with E-state index in [0.29, 0.717) is 12.8 Å². The van der Waals surface area contributed by atoms with Gasteiger partial charge in [0.1, 0.15) is 0 Å². The molecule has 0 aliphatic heterocycles. The molecule has 2 atom stereocenters. The van der Waals surface area contributed by atoms with E-state index in [1.807, 2.05) is 6.92 Å². The summed E-state index contributed by atoms with van der Waals surface area (Å²) in [4.78, 5) is 11.4. The third kappa shape index (κ3) is 6.25. The number of hydrogen-bond acceptors (Lipinski definition) is 3. The summed E-state index contributed by atoms with van der Waals surface area (Å²) in [5.41, 5.74) is 4.72. The lowest BCUT2D eigenvalue weighted by atomic mass is 10.0. The van der Waals surface area contributed by atoms with Crippen LogP contribution in [0.1, 0.15) is 33.1 Å². The SMILES string of the molecule is C=CCC(N)C(=O)NCC(C)(O)CCC. The van der Waals surface area contributed by atoms with Crippen molar-refractivity contribution in [1.29, 1.82) is 0 Å². The minimum atomic E-state index is -0.849. The Balaban J connectivity index is 3.93. The molecule has 0 rings (SSSR count). The zero-order valence-corrected chi connectivity index (χ0v) is 9.62. The van der Waals surface area contributed by atoms with Crippen LogP contribution in [0, 0.1) is 0 Å². The van der Waals surface area contributed by atoms with E-state index in [4.69, 9.17) is 5.73 Å². The van der Waals surface area contributed by atoms with Gasteiger partial charge in [-0.3, -0.25) is 4.79 Å². The predicted molar refractivity (Wildman–Crippen MR) is 61.3 cm³/mol. The maximum absolute atomic E-state index is 11.4. The third-order valence-corrected chi connectivity index (χ3v) is 2.19. The smallest absolute Gasteiger partial charge is 0.237 e. The number of rotatable bonds is 7. The molecule has 0 radical (unpaired) electrons. The summed E-state index contributed by atoms with van der Waals surface area (Å²) >= 11 is 0. The minimum Gasteiger partial charge on any atom is -0.388 e. The molecular formula is C11H22N2O2. The minimum absolute atomic E-state index is 0.241. The summed E-state index contributed by atoms with van der Waals surface area (Å²) in [7, 11) is 0. The second-order valence-electron chi connectivity index (χ2n) is 4.10. The molecule has 0 spiro atoms. The first-order chi connectivity index (χ1) is 6.93. The maximum Gasteiger partial charge on any atom is 0.237 e. The summed E-state index contributed by atoms with van der Waals surface area (Å²) in [6, 6.07) is -0.570. The summed E-state index contributed by atoms with van der Waals surface area (Å²) in [6.45, 7) is 7.44. The molecule has 2 unspecified atom stereocenters. The van der Waals surface area contributed by atoms with Crippen LogP contribution in [0.5, 0.6) is 0 Å². The van der Waals surface area contributed by atoms with Gasteiger partial charge in [-0.1, -0.05) is 19.4 Å². The lowest BCUT2D eigenvalue weighted by Gasteiger charge is -2.23. The highest BCUT2D eigenvalue weighted by molar-refractivity contribution is 5.81. The number of amides is 1. The van der Waals surface area contributed by atoms with Crippen molar-refractivity contribution in [3.05, 3.63) is 12.7 Å². The fraction of sp³-hybridized carbons (Fsp3) is 0.727. The highest BCUT2D eigenvalue weighted by atomic mass is 16.3. The number of carbonyl (C=O) groups is 1. The van der Waals surface area contributed by atoms with E-state index in [0.717, 1.165) is 6.42 Å². The molecular weight excluding hydrogens is 192 g/mol. The molecule has 0 aromatic rings. The summed E-state index contributed by atoms with van der Waals surface area (Å²) in [6.07, 6.45) is 3.59. The molecule has 0 aliphatic carbocycles. The Morgan fingerprint density at radius 2 is 2.33 bits per heavy atom. The normalized spacial score (nSPS) is 16.5. The van der Waals surface area contributed by atoms with Crippen LogP contribution < -0.4 is 11.1 Å². The van der Waals surface area contributed by atoms with Crippen LogP contribution in [-0.4, -0.2) is 29.2 Å². The molecule has 0 saturated carbocycles. The van der Waals surface area contributed by atoms with E-state index in [9.17, 15) is 9.90 Å². The molecule has 0 aromatic carbocycles. The maximum atomic E-state index is 11.4. The number of nitrogens with one attached hydrogen (secondary N) is 1. The van der Waals surface area contributed by atoms with E-state index < -0.39 is 11.6 Å². The molecule has 0 heterocycles. The molecule has 0 aliphatic rings. The lowest BCUT2D eigenvalue weighted by Crippen LogP contribution is -2.46. The van der Waals surface area contributed by atoms with Crippen molar-refractivity contribution in [2.75, 3.05) is 6.54 Å². The lowest BCUT2D eigenvalue weighted by molar-refractivity contribution is -0.123. The molecule has 4 N–H and O–H groups in total. The van der Waals surface area contributed by atoms with E-state index in [-0.39, 0.29) is 12.5 Å². The molecule has 88 valence electrons. The molecule has 0 fully saturated rings. The highest BCUT2D eigenvalue weighted by Crippen LogP contribution is 2.09. The van der Waals surface area contributed by atoms with Gasteiger partial charge in [-0.2, -0.15) is 0 Å². The van der Waals surface area contributed by atoms with E-state index in [2.05, 4.69) is 11.9 Å². The van der Waals surface area contributed by atoms with Gasteiger partial charge in [0.25, 0.3) is 0 Å². The third-order valence-electron chi connectivity index (χ3n) is 2.19. The van der Waals surface area contributed by atoms with Gasteiger partial charge in [0, 0.05) is 6.54 Å². The van der Waals surface area contributed by atoms with Crippen LogP contribution in [0.25, 0.3) is 0 Å². The van der Waals surface area contributed by atoms with Gasteiger partial charge in [0.2, 0.25) is 5.91 Å². The highest BCUT2D eigenvalue weighted by Gasteiger charge is 2.21. The van der Waals surface area contributed by atoms with Crippen LogP contribution in [0.2, 0.25) is 0 Å². The van der Waals surface area contributed by atoms with Crippen molar-refractivity contribution >= 4 is 5.91 Å². The van der Waals surface area contributed by atoms with Gasteiger partial charge in [-0.05, 0) is 19.8 Å². The van der Waals surface area contributed by atoms with Crippen molar-refractivity contribution in [3.8, 4) is 0 Å². The topological polar surface area (TPSA) is 75.4 Å². The first-order valence-corrected chi connectivity index (χ1v) is 5.29. The zero-order chi connectivity index (χ0) is 11.9. The van der Waals surface area contributed by atoms with Crippen LogP contribution in [0.15, 0.2) is 12.7 Å². The quantitative estimate of drug-likeness (QED) is 0.542. The molecule has 0 aromatic heterocycles. The van der Waals surface area contributed by atoms with Crippen molar-refractivity contribution < 1.29 is 9.90 Å². The average molecular weight is 214 g/mol. The van der Waals surface area contributed by atoms with Crippen LogP contribution in [-0.2, 0) is 4.79 Å². The summed E-state index contributed by atoms with van der Waals surface area (Å²) in [5, 5.41) is 12.4. The standard InChI is InChI=1S/C11H22N2O2/c1-4-6-9(12)10(14)13-8-11(3,15)7-5-2/h4,9,15H,1,5-8,12H2,2-3H3,(H,13,14). The second-order valence-corrected chi connectivity index (χ2v) is 4.10. The van der Waals surface area contributed by atoms with Gasteiger partial charge in [0.15, 0.2) is 0 Å². The molecule has 4 nitrogen and oxygen atoms in total. The van der Waals surface area contributed by atoms with E-state index in [1.54, 1.807) is 13.0 Å². The Labute approximate surface area is 91.5 Å². The molecule has 0 bridgehead atoms. The van der Waals surface area contributed by atoms with Gasteiger partial charge < -0.3 is 16.2 Å². The zero-order valence-electron chi connectivity index (χ0n) is 9.62. The number of nitrogens with two attached hydrogens (primary N) is 1. The Bertz CT molecular complexity index is 215. The second kappa shape index (κ2) is 6.58. The molecule has 4 heteroatoms. The number of aliphatic hydroxyl groups is 1. The van der Waals surface area contributed by atoms with E-state index in [1.165, 1.54) is 0 Å². The average Bonchev–Trinajstić information content (AvgIpc) is 2.14. The van der Waals surface area contributed by atoms with Gasteiger partial charge in [-0.15, -0.1) is 6.58 Å². The van der Waals surface area contributed by atoms with Crippen LogP contribution >= 0.6 is 0 Å². The van der Waals surface area contributed by atoms with Crippen LogP contribution in [0.4, 0.5) is 0 Å².